The van der Waals surface area contributed by atoms with E-state index < -0.39 is 7.82 Å². The van der Waals surface area contributed by atoms with Crippen molar-refractivity contribution >= 4 is 7.82 Å². The van der Waals surface area contributed by atoms with Crippen LogP contribution in [-0.4, -0.2) is 41.6 Å². The van der Waals surface area contributed by atoms with E-state index in [1.807, 2.05) is 0 Å². The molecule has 13 heavy (non-hydrogen) atoms. The SMILES string of the molecule is O=P(O)(O)O.[CH2-]COCCOC.[Na+]. The van der Waals surface area contributed by atoms with Crippen LogP contribution >= 0.6 is 7.82 Å². The fraction of sp³-hybridized carbons (Fsp3) is 0.800. The zero-order chi connectivity index (χ0) is 10.0. The Morgan fingerprint density at radius 2 is 1.69 bits per heavy atom. The molecular formula is C5H14NaO6P. The molecular weight excluding hydrogens is 210 g/mol. The monoisotopic (exact) mass is 224 g/mol. The van der Waals surface area contributed by atoms with E-state index >= 15 is 0 Å². The van der Waals surface area contributed by atoms with Gasteiger partial charge in [0.1, 0.15) is 0 Å². The van der Waals surface area contributed by atoms with Crippen LogP contribution in [0.2, 0.25) is 0 Å². The quantitative estimate of drug-likeness (QED) is 0.199. The summed E-state index contributed by atoms with van der Waals surface area (Å²) >= 11 is 0. The maximum absolute atomic E-state index is 8.88. The Balaban J connectivity index is -0.000000150. The molecule has 0 aliphatic heterocycles. The molecule has 0 fully saturated rings. The summed E-state index contributed by atoms with van der Waals surface area (Å²) < 4.78 is 18.4. The molecule has 76 valence electrons. The Kier molecular flexibility index (Phi) is 19.6. The Morgan fingerprint density at radius 3 is 1.92 bits per heavy atom. The first-order valence-electron chi connectivity index (χ1n) is 3.06. The molecule has 0 unspecified atom stereocenters. The number of rotatable bonds is 4. The molecule has 0 bridgehead atoms. The third-order valence-electron chi connectivity index (χ3n) is 0.576. The minimum atomic E-state index is -4.64. The Hall–Kier alpha value is 1.03. The van der Waals surface area contributed by atoms with Crippen LogP contribution in [0.1, 0.15) is 0 Å². The van der Waals surface area contributed by atoms with Crippen molar-refractivity contribution in [3.05, 3.63) is 6.92 Å². The van der Waals surface area contributed by atoms with Gasteiger partial charge in [0, 0.05) is 7.11 Å². The fourth-order valence-corrected chi connectivity index (χ4v) is 0.244. The van der Waals surface area contributed by atoms with Gasteiger partial charge in [0.25, 0.3) is 0 Å². The fourth-order valence-electron chi connectivity index (χ4n) is 0.244. The van der Waals surface area contributed by atoms with Gasteiger partial charge < -0.3 is 31.1 Å². The van der Waals surface area contributed by atoms with Crippen molar-refractivity contribution in [2.24, 2.45) is 0 Å². The van der Waals surface area contributed by atoms with Gasteiger partial charge in [-0.2, -0.15) is 0 Å². The van der Waals surface area contributed by atoms with Crippen LogP contribution in [0.15, 0.2) is 0 Å². The largest absolute Gasteiger partial charge is 1.00 e. The molecule has 0 aliphatic carbocycles. The first kappa shape index (κ1) is 19.6. The minimum Gasteiger partial charge on any atom is -0.411 e. The summed E-state index contributed by atoms with van der Waals surface area (Å²) in [6.07, 6.45) is 0. The molecule has 0 rings (SSSR count). The normalized spacial score (nSPS) is 9.62. The van der Waals surface area contributed by atoms with Gasteiger partial charge in [0.15, 0.2) is 0 Å². The van der Waals surface area contributed by atoms with E-state index in [9.17, 15) is 0 Å². The second-order valence-corrected chi connectivity index (χ2v) is 2.65. The molecule has 8 heteroatoms. The van der Waals surface area contributed by atoms with Crippen LogP contribution in [0.3, 0.4) is 0 Å². The van der Waals surface area contributed by atoms with Crippen LogP contribution in [0.4, 0.5) is 0 Å². The summed E-state index contributed by atoms with van der Waals surface area (Å²) in [5.41, 5.74) is 0. The zero-order valence-electron chi connectivity index (χ0n) is 7.84. The molecule has 0 heterocycles. The second kappa shape index (κ2) is 13.0. The first-order valence-corrected chi connectivity index (χ1v) is 4.62. The van der Waals surface area contributed by atoms with E-state index in [1.165, 1.54) is 0 Å². The number of hydrogen-bond acceptors (Lipinski definition) is 3. The van der Waals surface area contributed by atoms with Crippen molar-refractivity contribution in [2.75, 3.05) is 26.9 Å². The minimum absolute atomic E-state index is 0. The summed E-state index contributed by atoms with van der Waals surface area (Å²) in [6.45, 7) is 5.33. The van der Waals surface area contributed by atoms with E-state index in [2.05, 4.69) is 6.92 Å². The number of methoxy groups -OCH3 is 1. The van der Waals surface area contributed by atoms with Crippen molar-refractivity contribution in [3.63, 3.8) is 0 Å². The first-order chi connectivity index (χ1) is 5.41. The molecule has 0 spiro atoms. The van der Waals surface area contributed by atoms with Crippen LogP contribution in [-0.2, 0) is 14.0 Å². The van der Waals surface area contributed by atoms with Crippen molar-refractivity contribution in [1.29, 1.82) is 0 Å². The molecule has 0 atom stereocenters. The summed E-state index contributed by atoms with van der Waals surface area (Å²) in [6, 6.07) is 0. The van der Waals surface area contributed by atoms with E-state index in [-0.39, 0.29) is 29.6 Å². The van der Waals surface area contributed by atoms with Crippen molar-refractivity contribution < 1.29 is 58.3 Å². The number of ether oxygens (including phenoxy) is 2. The summed E-state index contributed by atoms with van der Waals surface area (Å²) in [4.78, 5) is 21.6. The summed E-state index contributed by atoms with van der Waals surface area (Å²) in [5.74, 6) is 0. The van der Waals surface area contributed by atoms with Crippen molar-refractivity contribution in [2.45, 2.75) is 0 Å². The zero-order valence-corrected chi connectivity index (χ0v) is 10.7. The molecule has 0 amide bonds. The van der Waals surface area contributed by atoms with Gasteiger partial charge in [0.05, 0.1) is 13.2 Å². The van der Waals surface area contributed by atoms with E-state index in [1.54, 1.807) is 7.11 Å². The second-order valence-electron chi connectivity index (χ2n) is 1.62. The van der Waals surface area contributed by atoms with Gasteiger partial charge in [-0.1, -0.05) is 6.61 Å². The Labute approximate surface area is 99.8 Å². The Morgan fingerprint density at radius 1 is 1.31 bits per heavy atom. The molecule has 3 N–H and O–H groups in total. The molecule has 0 aromatic carbocycles. The smallest absolute Gasteiger partial charge is 0.411 e. The van der Waals surface area contributed by atoms with Crippen molar-refractivity contribution in [3.8, 4) is 0 Å². The maximum atomic E-state index is 8.88. The summed E-state index contributed by atoms with van der Waals surface area (Å²) in [5, 5.41) is 0. The molecule has 0 saturated heterocycles. The third kappa shape index (κ3) is 62.7. The molecule has 0 aromatic rings. The topological polar surface area (TPSA) is 96.2 Å². The van der Waals surface area contributed by atoms with E-state index in [0.29, 0.717) is 19.8 Å². The average molecular weight is 224 g/mol. The van der Waals surface area contributed by atoms with Crippen LogP contribution in [0.5, 0.6) is 0 Å². The molecule has 0 saturated carbocycles. The van der Waals surface area contributed by atoms with Crippen LogP contribution in [0.25, 0.3) is 0 Å². The Bertz CT molecular complexity index is 114. The van der Waals surface area contributed by atoms with Gasteiger partial charge in [-0.15, -0.1) is 0 Å². The predicted octanol–water partition coefficient (Wildman–Crippen LogP) is -3.44. The van der Waals surface area contributed by atoms with Gasteiger partial charge in [0.2, 0.25) is 0 Å². The van der Waals surface area contributed by atoms with Gasteiger partial charge >= 0.3 is 37.4 Å². The maximum Gasteiger partial charge on any atom is 1.00 e. The molecule has 0 aliphatic rings. The van der Waals surface area contributed by atoms with Gasteiger partial charge in [-0.05, 0) is 0 Å². The van der Waals surface area contributed by atoms with E-state index in [0.717, 1.165) is 0 Å². The molecule has 0 radical (unpaired) electrons. The van der Waals surface area contributed by atoms with Crippen LogP contribution in [0, 0.1) is 6.92 Å². The third-order valence-corrected chi connectivity index (χ3v) is 0.576. The molecule has 0 aromatic heterocycles. The standard InChI is InChI=1S/C5H11O2.Na.H3O4P/c1-3-7-5-4-6-2;;1-5(2,3)4/h1,3-5H2,2H3;;(H3,1,2,3,4)/q-1;+1;. The summed E-state index contributed by atoms with van der Waals surface area (Å²) in [7, 11) is -2.99. The number of hydrogen-bond donors (Lipinski definition) is 3. The predicted molar refractivity (Wildman–Crippen MR) is 42.3 cm³/mol. The van der Waals surface area contributed by atoms with Gasteiger partial charge in [-0.3, -0.25) is 0 Å². The van der Waals surface area contributed by atoms with E-state index in [4.69, 9.17) is 28.7 Å². The van der Waals surface area contributed by atoms with Gasteiger partial charge in [-0.25, -0.2) is 4.57 Å². The molecule has 6 nitrogen and oxygen atoms in total. The average Bonchev–Trinajstić information content (AvgIpc) is 1.85. The van der Waals surface area contributed by atoms with Crippen LogP contribution < -0.4 is 29.6 Å². The van der Waals surface area contributed by atoms with Crippen molar-refractivity contribution in [1.82, 2.24) is 0 Å². The number of phosphoric acid groups is 1.